The lowest BCUT2D eigenvalue weighted by Gasteiger charge is -2.07. The van der Waals surface area contributed by atoms with Crippen LogP contribution < -0.4 is 0 Å². The molecule has 1 heterocycles. The van der Waals surface area contributed by atoms with Crippen LogP contribution in [0.25, 0.3) is 0 Å². The molecular weight excluding hydrogens is 324 g/mol. The molecule has 0 aromatic carbocycles. The van der Waals surface area contributed by atoms with Gasteiger partial charge in [-0.2, -0.15) is 5.26 Å². The Morgan fingerprint density at radius 2 is 2.29 bits per heavy atom. The predicted octanol–water partition coefficient (Wildman–Crippen LogP) is 3.23. The van der Waals surface area contributed by atoms with E-state index in [9.17, 15) is 8.78 Å². The Labute approximate surface area is 98.0 Å². The molecule has 0 bridgehead atoms. The first-order valence-electron chi connectivity index (χ1n) is 3.53. The van der Waals surface area contributed by atoms with Crippen LogP contribution in [0.15, 0.2) is 6.20 Å². The monoisotopic (exact) mass is 328 g/mol. The number of hydrogen-bond acceptors (Lipinski definition) is 2. The zero-order valence-corrected chi connectivity index (χ0v) is 9.68. The van der Waals surface area contributed by atoms with Gasteiger partial charge in [0.15, 0.2) is 0 Å². The average molecular weight is 328 g/mol. The predicted molar refractivity (Wildman–Crippen MR) is 56.2 cm³/mol. The van der Waals surface area contributed by atoms with Crippen LogP contribution >= 0.6 is 34.2 Å². The molecule has 0 N–H and O–H groups in total. The third kappa shape index (κ3) is 2.12. The second-order valence-electron chi connectivity index (χ2n) is 2.40. The molecule has 6 heteroatoms. The van der Waals surface area contributed by atoms with Crippen molar-refractivity contribution < 1.29 is 8.78 Å². The zero-order valence-electron chi connectivity index (χ0n) is 6.77. The van der Waals surface area contributed by atoms with E-state index in [-0.39, 0.29) is 17.1 Å². The van der Waals surface area contributed by atoms with Gasteiger partial charge in [0.1, 0.15) is 11.8 Å². The van der Waals surface area contributed by atoms with Crippen LogP contribution in [0.5, 0.6) is 0 Å². The maximum Gasteiger partial charge on any atom is 0.266 e. The molecule has 0 amide bonds. The van der Waals surface area contributed by atoms with Crippen LogP contribution in [0.3, 0.4) is 0 Å². The lowest BCUT2D eigenvalue weighted by Crippen LogP contribution is -2.00. The third-order valence-corrected chi connectivity index (χ3v) is 3.15. The fraction of sp³-hybridized carbons (Fsp3) is 0.250. The number of aromatic nitrogens is 1. The molecule has 0 aliphatic carbocycles. The van der Waals surface area contributed by atoms with Gasteiger partial charge >= 0.3 is 0 Å². The van der Waals surface area contributed by atoms with Gasteiger partial charge in [0.25, 0.3) is 6.43 Å². The lowest BCUT2D eigenvalue weighted by molar-refractivity contribution is 0.150. The summed E-state index contributed by atoms with van der Waals surface area (Å²) in [7, 11) is 0. The van der Waals surface area contributed by atoms with Crippen molar-refractivity contribution in [2.45, 2.75) is 12.3 Å². The van der Waals surface area contributed by atoms with E-state index in [2.05, 4.69) is 4.98 Å². The summed E-state index contributed by atoms with van der Waals surface area (Å²) in [6.07, 6.45) is -1.58. The topological polar surface area (TPSA) is 36.7 Å². The van der Waals surface area contributed by atoms with Crippen LogP contribution in [0.4, 0.5) is 8.78 Å². The molecule has 1 aromatic rings. The highest BCUT2D eigenvalue weighted by Gasteiger charge is 2.17. The van der Waals surface area contributed by atoms with Crippen LogP contribution in [-0.2, 0) is 5.88 Å². The molecule has 0 radical (unpaired) electrons. The number of nitriles is 1. The summed E-state index contributed by atoms with van der Waals surface area (Å²) in [5.41, 5.74) is 0.293. The van der Waals surface area contributed by atoms with E-state index in [1.165, 1.54) is 0 Å². The van der Waals surface area contributed by atoms with E-state index in [1.807, 2.05) is 6.07 Å². The van der Waals surface area contributed by atoms with Crippen molar-refractivity contribution in [3.63, 3.8) is 0 Å². The van der Waals surface area contributed by atoms with Crippen LogP contribution in [0.2, 0.25) is 0 Å². The molecule has 2 nitrogen and oxygen atoms in total. The molecule has 0 saturated carbocycles. The molecule has 0 unspecified atom stereocenters. The van der Waals surface area contributed by atoms with Crippen molar-refractivity contribution >= 4 is 34.2 Å². The Hall–Kier alpha value is -0.480. The van der Waals surface area contributed by atoms with Crippen molar-refractivity contribution in [1.29, 1.82) is 5.26 Å². The highest BCUT2D eigenvalue weighted by molar-refractivity contribution is 14.1. The molecule has 1 aromatic heterocycles. The average Bonchev–Trinajstić information content (AvgIpc) is 2.16. The van der Waals surface area contributed by atoms with Crippen LogP contribution in [0.1, 0.15) is 23.2 Å². The second kappa shape index (κ2) is 4.84. The molecule has 0 atom stereocenters. The Morgan fingerprint density at radius 3 is 2.71 bits per heavy atom. The van der Waals surface area contributed by atoms with Gasteiger partial charge in [-0.25, -0.2) is 13.8 Å². The molecule has 74 valence electrons. The van der Waals surface area contributed by atoms with Gasteiger partial charge in [0.2, 0.25) is 0 Å². The maximum atomic E-state index is 12.4. The first kappa shape index (κ1) is 11.6. The standard InChI is InChI=1S/C8H4ClF2IN2/c9-1-4-6(2-13)14-3-5(7(4)12)8(10)11/h3,8H,1H2. The summed E-state index contributed by atoms with van der Waals surface area (Å²) in [4.78, 5) is 3.62. The van der Waals surface area contributed by atoms with Crippen molar-refractivity contribution in [3.05, 3.63) is 26.6 Å². The number of pyridine rings is 1. The van der Waals surface area contributed by atoms with Crippen molar-refractivity contribution in [3.8, 4) is 6.07 Å². The minimum absolute atomic E-state index is 0.00866. The van der Waals surface area contributed by atoms with Gasteiger partial charge < -0.3 is 0 Å². The fourth-order valence-corrected chi connectivity index (χ4v) is 2.22. The smallest absolute Gasteiger partial charge is 0.245 e. The first-order valence-corrected chi connectivity index (χ1v) is 5.14. The van der Waals surface area contributed by atoms with Gasteiger partial charge in [0, 0.05) is 20.9 Å². The van der Waals surface area contributed by atoms with Crippen molar-refractivity contribution in [2.24, 2.45) is 0 Å². The summed E-state index contributed by atoms with van der Waals surface area (Å²) < 4.78 is 25.1. The summed E-state index contributed by atoms with van der Waals surface area (Å²) in [6, 6.07) is 1.81. The quantitative estimate of drug-likeness (QED) is 0.617. The minimum atomic E-state index is -2.59. The molecular formula is C8H4ClF2IN2. The second-order valence-corrected chi connectivity index (χ2v) is 3.75. The normalized spacial score (nSPS) is 10.3. The summed E-state index contributed by atoms with van der Waals surface area (Å²) >= 11 is 7.30. The third-order valence-electron chi connectivity index (χ3n) is 1.61. The number of hydrogen-bond donors (Lipinski definition) is 0. The first-order chi connectivity index (χ1) is 6.61. The zero-order chi connectivity index (χ0) is 10.7. The Kier molecular flexibility index (Phi) is 4.01. The highest BCUT2D eigenvalue weighted by Crippen LogP contribution is 2.28. The number of nitrogens with zero attached hydrogens (tertiary/aromatic N) is 2. The molecule has 0 spiro atoms. The summed E-state index contributed by atoms with van der Waals surface area (Å²) in [6.45, 7) is 0. The summed E-state index contributed by atoms with van der Waals surface area (Å²) in [5.74, 6) is 0.00866. The van der Waals surface area contributed by atoms with E-state index in [4.69, 9.17) is 16.9 Å². The highest BCUT2D eigenvalue weighted by atomic mass is 127. The molecule has 14 heavy (non-hydrogen) atoms. The van der Waals surface area contributed by atoms with Gasteiger partial charge in [0.05, 0.1) is 5.88 Å². The molecule has 0 saturated heterocycles. The van der Waals surface area contributed by atoms with E-state index >= 15 is 0 Å². The molecule has 0 aliphatic rings. The van der Waals surface area contributed by atoms with E-state index in [0.29, 0.717) is 9.13 Å². The fourth-order valence-electron chi connectivity index (χ4n) is 0.917. The Balaban J connectivity index is 3.37. The van der Waals surface area contributed by atoms with Gasteiger partial charge in [-0.3, -0.25) is 0 Å². The minimum Gasteiger partial charge on any atom is -0.245 e. The maximum absolute atomic E-state index is 12.4. The van der Waals surface area contributed by atoms with E-state index < -0.39 is 6.43 Å². The number of rotatable bonds is 2. The number of halogens is 4. The van der Waals surface area contributed by atoms with Crippen LogP contribution in [0, 0.1) is 14.9 Å². The van der Waals surface area contributed by atoms with Crippen LogP contribution in [-0.4, -0.2) is 4.98 Å². The van der Waals surface area contributed by atoms with Gasteiger partial charge in [-0.05, 0) is 22.6 Å². The van der Waals surface area contributed by atoms with Gasteiger partial charge in [-0.1, -0.05) is 0 Å². The number of alkyl halides is 3. The summed E-state index contributed by atoms with van der Waals surface area (Å²) in [5, 5.41) is 8.64. The Bertz CT molecular complexity index is 390. The Morgan fingerprint density at radius 1 is 1.64 bits per heavy atom. The molecule has 0 fully saturated rings. The van der Waals surface area contributed by atoms with Gasteiger partial charge in [-0.15, -0.1) is 11.6 Å². The molecule has 0 aliphatic heterocycles. The lowest BCUT2D eigenvalue weighted by atomic mass is 10.1. The molecule has 1 rings (SSSR count). The largest absolute Gasteiger partial charge is 0.266 e. The SMILES string of the molecule is N#Cc1ncc(C(F)F)c(I)c1CCl. The van der Waals surface area contributed by atoms with Crippen molar-refractivity contribution in [1.82, 2.24) is 4.98 Å². The van der Waals surface area contributed by atoms with E-state index in [0.717, 1.165) is 6.20 Å². The van der Waals surface area contributed by atoms with E-state index in [1.54, 1.807) is 22.6 Å². The van der Waals surface area contributed by atoms with Crippen molar-refractivity contribution in [2.75, 3.05) is 0 Å².